The van der Waals surface area contributed by atoms with Crippen molar-refractivity contribution in [3.8, 4) is 5.75 Å². The monoisotopic (exact) mass is 328 g/mol. The summed E-state index contributed by atoms with van der Waals surface area (Å²) in [6.45, 7) is 5.43. The molecule has 0 unspecified atom stereocenters. The number of ether oxygens (including phenoxy) is 1. The van der Waals surface area contributed by atoms with E-state index in [4.69, 9.17) is 4.74 Å². The van der Waals surface area contributed by atoms with Gasteiger partial charge >= 0.3 is 0 Å². The van der Waals surface area contributed by atoms with Crippen molar-refractivity contribution in [1.29, 1.82) is 0 Å². The quantitative estimate of drug-likeness (QED) is 0.779. The Morgan fingerprint density at radius 2 is 2.08 bits per heavy atom. The molecule has 1 amide bonds. The number of hydrogen-bond acceptors (Lipinski definition) is 5. The van der Waals surface area contributed by atoms with Gasteiger partial charge in [-0.1, -0.05) is 26.0 Å². The zero-order chi connectivity index (χ0) is 17.4. The molecule has 6 nitrogen and oxygen atoms in total. The Kier molecular flexibility index (Phi) is 6.54. The molecule has 0 saturated carbocycles. The summed E-state index contributed by atoms with van der Waals surface area (Å²) in [6.07, 6.45) is 2.23. The molecule has 0 spiro atoms. The van der Waals surface area contributed by atoms with E-state index in [0.29, 0.717) is 30.5 Å². The summed E-state index contributed by atoms with van der Waals surface area (Å²) < 4.78 is 5.22. The number of carbonyl (C=O) groups excluding carboxylic acids is 1. The molecule has 0 bridgehead atoms. The molecule has 0 aliphatic heterocycles. The molecule has 1 heterocycles. The first kappa shape index (κ1) is 17.7. The van der Waals surface area contributed by atoms with E-state index < -0.39 is 0 Å². The van der Waals surface area contributed by atoms with Crippen molar-refractivity contribution in [3.05, 3.63) is 47.9 Å². The Morgan fingerprint density at radius 3 is 2.83 bits per heavy atom. The fourth-order valence-electron chi connectivity index (χ4n) is 2.13. The zero-order valence-corrected chi connectivity index (χ0v) is 14.4. The lowest BCUT2D eigenvalue weighted by atomic mass is 10.1. The number of methoxy groups -OCH3 is 1. The second kappa shape index (κ2) is 8.86. The molecule has 24 heavy (non-hydrogen) atoms. The lowest BCUT2D eigenvalue weighted by Crippen LogP contribution is -2.28. The summed E-state index contributed by atoms with van der Waals surface area (Å²) in [4.78, 5) is 20.2. The van der Waals surface area contributed by atoms with E-state index in [1.165, 1.54) is 11.9 Å². The molecule has 0 atom stereocenters. The maximum Gasteiger partial charge on any atom is 0.270 e. The first-order chi connectivity index (χ1) is 11.6. The molecule has 1 aromatic carbocycles. The molecule has 128 valence electrons. The van der Waals surface area contributed by atoms with Crippen LogP contribution < -0.4 is 15.4 Å². The third-order valence-corrected chi connectivity index (χ3v) is 3.42. The van der Waals surface area contributed by atoms with Gasteiger partial charge < -0.3 is 15.4 Å². The average Bonchev–Trinajstić information content (AvgIpc) is 2.60. The van der Waals surface area contributed by atoms with Crippen molar-refractivity contribution in [2.45, 2.75) is 20.3 Å². The number of nitrogens with one attached hydrogen (secondary N) is 2. The van der Waals surface area contributed by atoms with Gasteiger partial charge in [0.05, 0.1) is 7.11 Å². The Bertz CT molecular complexity index is 674. The van der Waals surface area contributed by atoms with Crippen LogP contribution in [-0.2, 0) is 6.42 Å². The van der Waals surface area contributed by atoms with Gasteiger partial charge in [-0.05, 0) is 30.0 Å². The topological polar surface area (TPSA) is 76.1 Å². The van der Waals surface area contributed by atoms with Crippen LogP contribution in [0.2, 0.25) is 0 Å². The van der Waals surface area contributed by atoms with Gasteiger partial charge in [0.2, 0.25) is 0 Å². The largest absolute Gasteiger partial charge is 0.497 e. The Balaban J connectivity index is 1.88. The molecule has 0 radical (unpaired) electrons. The van der Waals surface area contributed by atoms with E-state index in [1.807, 2.05) is 32.0 Å². The lowest BCUT2D eigenvalue weighted by Gasteiger charge is -2.09. The number of aromatic nitrogens is 2. The normalized spacial score (nSPS) is 10.5. The van der Waals surface area contributed by atoms with Gasteiger partial charge in [0, 0.05) is 19.2 Å². The predicted molar refractivity (Wildman–Crippen MR) is 94.4 cm³/mol. The summed E-state index contributed by atoms with van der Waals surface area (Å²) in [5.74, 6) is 1.71. The minimum Gasteiger partial charge on any atom is -0.497 e. The van der Waals surface area contributed by atoms with Gasteiger partial charge in [-0.25, -0.2) is 9.97 Å². The number of carbonyl (C=O) groups is 1. The van der Waals surface area contributed by atoms with Gasteiger partial charge in [0.15, 0.2) is 0 Å². The number of nitrogens with zero attached hydrogens (tertiary/aromatic N) is 2. The summed E-state index contributed by atoms with van der Waals surface area (Å²) in [6, 6.07) is 9.61. The Morgan fingerprint density at radius 1 is 1.25 bits per heavy atom. The smallest absolute Gasteiger partial charge is 0.270 e. The van der Waals surface area contributed by atoms with E-state index in [-0.39, 0.29) is 5.91 Å². The summed E-state index contributed by atoms with van der Waals surface area (Å²) >= 11 is 0. The molecule has 0 aliphatic rings. The molecule has 6 heteroatoms. The predicted octanol–water partition coefficient (Wildman–Crippen LogP) is 2.53. The van der Waals surface area contributed by atoms with Crippen LogP contribution in [0.3, 0.4) is 0 Å². The fraction of sp³-hybridized carbons (Fsp3) is 0.389. The minimum absolute atomic E-state index is 0.179. The lowest BCUT2D eigenvalue weighted by molar-refractivity contribution is 0.0944. The highest BCUT2D eigenvalue weighted by atomic mass is 16.5. The Hall–Kier alpha value is -2.63. The second-order valence-corrected chi connectivity index (χ2v) is 5.92. The number of rotatable bonds is 8. The summed E-state index contributed by atoms with van der Waals surface area (Å²) in [5.41, 5.74) is 1.54. The van der Waals surface area contributed by atoms with Crippen molar-refractivity contribution < 1.29 is 9.53 Å². The van der Waals surface area contributed by atoms with Crippen molar-refractivity contribution in [1.82, 2.24) is 15.3 Å². The van der Waals surface area contributed by atoms with Crippen molar-refractivity contribution in [2.24, 2.45) is 5.92 Å². The summed E-state index contributed by atoms with van der Waals surface area (Å²) in [5, 5.41) is 6.07. The average molecular weight is 328 g/mol. The molecular formula is C18H24N4O2. The van der Waals surface area contributed by atoms with Crippen LogP contribution >= 0.6 is 0 Å². The highest BCUT2D eigenvalue weighted by Crippen LogP contribution is 2.13. The van der Waals surface area contributed by atoms with Gasteiger partial charge in [0.25, 0.3) is 5.91 Å². The highest BCUT2D eigenvalue weighted by molar-refractivity contribution is 5.92. The number of amides is 1. The first-order valence-corrected chi connectivity index (χ1v) is 8.05. The molecule has 0 fully saturated rings. The van der Waals surface area contributed by atoms with E-state index in [2.05, 4.69) is 26.7 Å². The first-order valence-electron chi connectivity index (χ1n) is 8.05. The standard InChI is InChI=1S/C18H24N4O2/c1-13(2)11-20-18(23)16-10-17(22-12-21-16)19-8-7-14-5-4-6-15(9-14)24-3/h4-6,9-10,12-13H,7-8,11H2,1-3H3,(H,20,23)(H,19,21,22). The van der Waals surface area contributed by atoms with Crippen LogP contribution in [0.1, 0.15) is 29.9 Å². The van der Waals surface area contributed by atoms with Crippen LogP contribution in [0.15, 0.2) is 36.7 Å². The van der Waals surface area contributed by atoms with Gasteiger partial charge in [0.1, 0.15) is 23.6 Å². The maximum absolute atomic E-state index is 12.0. The van der Waals surface area contributed by atoms with Crippen molar-refractivity contribution in [3.63, 3.8) is 0 Å². The van der Waals surface area contributed by atoms with Gasteiger partial charge in [-0.15, -0.1) is 0 Å². The van der Waals surface area contributed by atoms with Crippen LogP contribution in [0, 0.1) is 5.92 Å². The van der Waals surface area contributed by atoms with Crippen molar-refractivity contribution >= 4 is 11.7 Å². The van der Waals surface area contributed by atoms with E-state index in [9.17, 15) is 4.79 Å². The molecule has 2 N–H and O–H groups in total. The van der Waals surface area contributed by atoms with Gasteiger partial charge in [-0.3, -0.25) is 4.79 Å². The third kappa shape index (κ3) is 5.53. The zero-order valence-electron chi connectivity index (χ0n) is 14.4. The molecule has 1 aromatic heterocycles. The number of hydrogen-bond donors (Lipinski definition) is 2. The minimum atomic E-state index is -0.179. The number of anilines is 1. The molecule has 2 aromatic rings. The van der Waals surface area contributed by atoms with Crippen LogP contribution in [0.25, 0.3) is 0 Å². The van der Waals surface area contributed by atoms with Crippen LogP contribution in [0.4, 0.5) is 5.82 Å². The van der Waals surface area contributed by atoms with Crippen molar-refractivity contribution in [2.75, 3.05) is 25.5 Å². The molecule has 2 rings (SSSR count). The molecule has 0 aliphatic carbocycles. The van der Waals surface area contributed by atoms with Crippen LogP contribution in [-0.4, -0.2) is 36.1 Å². The van der Waals surface area contributed by atoms with Crippen LogP contribution in [0.5, 0.6) is 5.75 Å². The maximum atomic E-state index is 12.0. The summed E-state index contributed by atoms with van der Waals surface area (Å²) in [7, 11) is 1.66. The van der Waals surface area contributed by atoms with E-state index in [1.54, 1.807) is 13.2 Å². The molecular weight excluding hydrogens is 304 g/mol. The SMILES string of the molecule is COc1cccc(CCNc2cc(C(=O)NCC(C)C)ncn2)c1. The fourth-order valence-corrected chi connectivity index (χ4v) is 2.13. The van der Waals surface area contributed by atoms with Gasteiger partial charge in [-0.2, -0.15) is 0 Å². The second-order valence-electron chi connectivity index (χ2n) is 5.92. The third-order valence-electron chi connectivity index (χ3n) is 3.42. The van der Waals surface area contributed by atoms with E-state index in [0.717, 1.165) is 12.2 Å². The van der Waals surface area contributed by atoms with E-state index >= 15 is 0 Å². The number of benzene rings is 1. The molecule has 0 saturated heterocycles. The Labute approximate surface area is 142 Å². The highest BCUT2D eigenvalue weighted by Gasteiger charge is 2.08.